The van der Waals surface area contributed by atoms with E-state index in [1.165, 1.54) is 0 Å². The van der Waals surface area contributed by atoms with Gasteiger partial charge in [-0.05, 0) is 19.3 Å². The van der Waals surface area contributed by atoms with Gasteiger partial charge in [-0.3, -0.25) is 0 Å². The lowest BCUT2D eigenvalue weighted by atomic mass is 9.94. The van der Waals surface area contributed by atoms with Gasteiger partial charge in [-0.15, -0.1) is 0 Å². The zero-order chi connectivity index (χ0) is 20.3. The molecule has 0 saturated carbocycles. The maximum Gasteiger partial charge on any atom is 0.377 e. The number of hydrogen-bond donors (Lipinski definition) is 1. The quantitative estimate of drug-likeness (QED) is 0.452. The van der Waals surface area contributed by atoms with Gasteiger partial charge in [0.1, 0.15) is 18.3 Å². The summed E-state index contributed by atoms with van der Waals surface area (Å²) in [4.78, 5) is 11.1. The van der Waals surface area contributed by atoms with E-state index in [0.717, 1.165) is 32.1 Å². The Morgan fingerprint density at radius 1 is 0.963 bits per heavy atom. The van der Waals surface area contributed by atoms with Gasteiger partial charge in [-0.25, -0.2) is 4.79 Å². The summed E-state index contributed by atoms with van der Waals surface area (Å²) in [6.07, 6.45) is 0.427. The Morgan fingerprint density at radius 2 is 1.44 bits per heavy atom. The number of carboxylic acids is 1. The van der Waals surface area contributed by atoms with E-state index in [9.17, 15) is 13.6 Å². The monoisotopic (exact) mass is 396 g/mol. The van der Waals surface area contributed by atoms with Crippen LogP contribution in [-0.2, 0) is 23.7 Å². The van der Waals surface area contributed by atoms with Crippen LogP contribution in [0.15, 0.2) is 0 Å². The molecular weight excluding hydrogens is 362 g/mol. The number of aliphatic carboxylic acids is 1. The molecule has 0 amide bonds. The third-order valence-electron chi connectivity index (χ3n) is 4.52. The largest absolute Gasteiger partial charge is 0.477 e. The molecule has 27 heavy (non-hydrogen) atoms. The molecule has 0 aliphatic carbocycles. The summed E-state index contributed by atoms with van der Waals surface area (Å²) in [5.41, 5.74) is 0. The van der Waals surface area contributed by atoms with Crippen LogP contribution in [0.1, 0.15) is 59.3 Å². The Morgan fingerprint density at radius 3 is 1.93 bits per heavy atom. The smallest absolute Gasteiger partial charge is 0.377 e. The summed E-state index contributed by atoms with van der Waals surface area (Å²) >= 11 is 0. The Balaban J connectivity index is 3.00. The number of hydrogen-bond acceptors (Lipinski definition) is 5. The molecule has 0 spiro atoms. The van der Waals surface area contributed by atoms with E-state index < -0.39 is 36.3 Å². The molecular formula is C19H34F2O6. The van der Waals surface area contributed by atoms with Crippen LogP contribution in [0.3, 0.4) is 0 Å². The summed E-state index contributed by atoms with van der Waals surface area (Å²) in [7, 11) is 0. The molecule has 1 aliphatic rings. The molecule has 1 saturated heterocycles. The molecule has 1 rings (SSSR count). The summed E-state index contributed by atoms with van der Waals surface area (Å²) in [5, 5.41) is 8.96. The maximum atomic E-state index is 14.3. The van der Waals surface area contributed by atoms with Crippen molar-refractivity contribution in [3.8, 4) is 0 Å². The Labute approximate surface area is 160 Å². The lowest BCUT2D eigenvalue weighted by molar-refractivity contribution is -0.274. The highest BCUT2D eigenvalue weighted by atomic mass is 19.3. The van der Waals surface area contributed by atoms with Gasteiger partial charge in [-0.2, -0.15) is 8.78 Å². The maximum absolute atomic E-state index is 14.3. The average molecular weight is 396 g/mol. The molecule has 1 fully saturated rings. The highest BCUT2D eigenvalue weighted by Gasteiger charge is 2.58. The van der Waals surface area contributed by atoms with Crippen molar-refractivity contribution in [3.63, 3.8) is 0 Å². The van der Waals surface area contributed by atoms with E-state index in [-0.39, 0.29) is 13.2 Å². The SMILES string of the molecule is CCCCO[C@@H]1[C@@H](OCCCC)[C@@H](C(F)(F)C(=O)O)OC[C@H]1OCCCC. The molecule has 1 aliphatic heterocycles. The molecule has 4 atom stereocenters. The summed E-state index contributed by atoms with van der Waals surface area (Å²) in [5.74, 6) is -6.30. The van der Waals surface area contributed by atoms with Crippen LogP contribution in [-0.4, -0.2) is 67.8 Å². The molecule has 0 unspecified atom stereocenters. The second-order valence-electron chi connectivity index (χ2n) is 6.82. The minimum atomic E-state index is -4.07. The molecule has 160 valence electrons. The minimum absolute atomic E-state index is 0.151. The molecule has 8 heteroatoms. The van der Waals surface area contributed by atoms with E-state index in [0.29, 0.717) is 19.6 Å². The number of unbranched alkanes of at least 4 members (excludes halogenated alkanes) is 3. The third-order valence-corrected chi connectivity index (χ3v) is 4.52. The van der Waals surface area contributed by atoms with Gasteiger partial charge in [0.05, 0.1) is 6.61 Å². The van der Waals surface area contributed by atoms with E-state index in [4.69, 9.17) is 24.1 Å². The fraction of sp³-hybridized carbons (Fsp3) is 0.947. The lowest BCUT2D eigenvalue weighted by Gasteiger charge is -2.43. The summed E-state index contributed by atoms with van der Waals surface area (Å²) in [6.45, 7) is 6.88. The van der Waals surface area contributed by atoms with Crippen LogP contribution in [0.5, 0.6) is 0 Å². The first-order chi connectivity index (χ1) is 12.9. The van der Waals surface area contributed by atoms with E-state index >= 15 is 0 Å². The van der Waals surface area contributed by atoms with E-state index in [1.54, 1.807) is 0 Å². The number of halogens is 2. The second kappa shape index (κ2) is 12.6. The average Bonchev–Trinajstić information content (AvgIpc) is 2.63. The number of ether oxygens (including phenoxy) is 4. The van der Waals surface area contributed by atoms with Crippen molar-refractivity contribution in [1.29, 1.82) is 0 Å². The van der Waals surface area contributed by atoms with Crippen molar-refractivity contribution < 1.29 is 37.6 Å². The first-order valence-electron chi connectivity index (χ1n) is 9.97. The number of alkyl halides is 2. The standard InChI is InChI=1S/C19H34F2O6/c1-4-7-10-24-14-13-27-17(19(20,21)18(22)23)16(26-12-9-6-3)15(14)25-11-8-5-2/h14-17H,4-13H2,1-3H3,(H,22,23)/t14-,15+,16-,17+/m1/s1. The van der Waals surface area contributed by atoms with Crippen LogP contribution in [0.4, 0.5) is 8.78 Å². The van der Waals surface area contributed by atoms with Crippen LogP contribution < -0.4 is 0 Å². The van der Waals surface area contributed by atoms with Crippen molar-refractivity contribution in [2.45, 2.75) is 89.6 Å². The van der Waals surface area contributed by atoms with Gasteiger partial charge in [0.15, 0.2) is 6.10 Å². The fourth-order valence-corrected chi connectivity index (χ4v) is 2.84. The topological polar surface area (TPSA) is 74.2 Å². The van der Waals surface area contributed by atoms with Gasteiger partial charge in [0.25, 0.3) is 0 Å². The Hall–Kier alpha value is -0.830. The van der Waals surface area contributed by atoms with Crippen molar-refractivity contribution in [1.82, 2.24) is 0 Å². The zero-order valence-corrected chi connectivity index (χ0v) is 16.6. The van der Waals surface area contributed by atoms with Gasteiger partial charge in [0, 0.05) is 19.8 Å². The van der Waals surface area contributed by atoms with Crippen molar-refractivity contribution in [2.24, 2.45) is 0 Å². The van der Waals surface area contributed by atoms with Crippen molar-refractivity contribution in [2.75, 3.05) is 26.4 Å². The molecule has 1 heterocycles. The fourth-order valence-electron chi connectivity index (χ4n) is 2.84. The molecule has 0 radical (unpaired) electrons. The van der Waals surface area contributed by atoms with Crippen LogP contribution >= 0.6 is 0 Å². The first-order valence-corrected chi connectivity index (χ1v) is 9.97. The summed E-state index contributed by atoms with van der Waals surface area (Å²) < 4.78 is 51.2. The molecule has 1 N–H and O–H groups in total. The van der Waals surface area contributed by atoms with Gasteiger partial charge in [-0.1, -0.05) is 40.0 Å². The minimum Gasteiger partial charge on any atom is -0.477 e. The van der Waals surface area contributed by atoms with Crippen LogP contribution in [0.25, 0.3) is 0 Å². The predicted octanol–water partition coefficient (Wildman–Crippen LogP) is 3.66. The van der Waals surface area contributed by atoms with Gasteiger partial charge in [0.2, 0.25) is 0 Å². The normalized spacial score (nSPS) is 26.3. The summed E-state index contributed by atoms with van der Waals surface area (Å²) in [6, 6.07) is 0. The van der Waals surface area contributed by atoms with Gasteiger partial charge >= 0.3 is 11.9 Å². The highest BCUT2D eigenvalue weighted by Crippen LogP contribution is 2.34. The van der Waals surface area contributed by atoms with Crippen LogP contribution in [0.2, 0.25) is 0 Å². The molecule has 0 aromatic rings. The Kier molecular flexibility index (Phi) is 11.3. The van der Waals surface area contributed by atoms with Crippen molar-refractivity contribution in [3.05, 3.63) is 0 Å². The Bertz CT molecular complexity index is 421. The molecule has 0 aromatic heterocycles. The molecule has 0 bridgehead atoms. The first kappa shape index (κ1) is 24.2. The lowest BCUT2D eigenvalue weighted by Crippen LogP contribution is -2.63. The van der Waals surface area contributed by atoms with E-state index in [1.807, 2.05) is 20.8 Å². The second-order valence-corrected chi connectivity index (χ2v) is 6.82. The van der Waals surface area contributed by atoms with Crippen LogP contribution in [0, 0.1) is 0 Å². The molecule has 0 aromatic carbocycles. The number of carbonyl (C=O) groups is 1. The van der Waals surface area contributed by atoms with Crippen molar-refractivity contribution >= 4 is 5.97 Å². The highest BCUT2D eigenvalue weighted by molar-refractivity contribution is 5.76. The van der Waals surface area contributed by atoms with E-state index in [2.05, 4.69) is 0 Å². The third kappa shape index (κ3) is 7.25. The number of carboxylic acid groups (broad SMARTS) is 1. The van der Waals surface area contributed by atoms with Gasteiger partial charge < -0.3 is 24.1 Å². The zero-order valence-electron chi connectivity index (χ0n) is 16.6. The molecule has 6 nitrogen and oxygen atoms in total. The number of rotatable bonds is 14. The predicted molar refractivity (Wildman–Crippen MR) is 96.3 cm³/mol.